The van der Waals surface area contributed by atoms with E-state index in [1.807, 2.05) is 19.1 Å². The first kappa shape index (κ1) is 18.2. The smallest absolute Gasteiger partial charge is 0.274 e. The van der Waals surface area contributed by atoms with Crippen LogP contribution in [0.2, 0.25) is 10.0 Å². The number of amides is 1. The molecule has 0 spiro atoms. The van der Waals surface area contributed by atoms with Gasteiger partial charge in [-0.2, -0.15) is 0 Å². The van der Waals surface area contributed by atoms with Crippen molar-refractivity contribution < 1.29 is 4.79 Å². The summed E-state index contributed by atoms with van der Waals surface area (Å²) in [6.07, 6.45) is 0. The molecule has 0 aliphatic rings. The maximum Gasteiger partial charge on any atom is 0.274 e. The van der Waals surface area contributed by atoms with Crippen molar-refractivity contribution in [3.8, 4) is 0 Å². The minimum absolute atomic E-state index is 0.267. The lowest BCUT2D eigenvalue weighted by Crippen LogP contribution is -2.16. The fourth-order valence-electron chi connectivity index (χ4n) is 2.36. The summed E-state index contributed by atoms with van der Waals surface area (Å²) in [5, 5.41) is 7.17. The highest BCUT2D eigenvalue weighted by molar-refractivity contribution is 6.31. The van der Waals surface area contributed by atoms with Crippen molar-refractivity contribution in [2.45, 2.75) is 13.8 Å². The van der Waals surface area contributed by atoms with Gasteiger partial charge in [-0.3, -0.25) is 4.79 Å². The summed E-state index contributed by atoms with van der Waals surface area (Å²) in [4.78, 5) is 21.2. The van der Waals surface area contributed by atoms with Crippen LogP contribution in [0.25, 0.3) is 0 Å². The third-order valence-corrected chi connectivity index (χ3v) is 4.11. The second-order valence-corrected chi connectivity index (χ2v) is 6.64. The largest absolute Gasteiger partial charge is 0.324 e. The van der Waals surface area contributed by atoms with Gasteiger partial charge in [0.2, 0.25) is 5.95 Å². The molecule has 0 saturated carbocycles. The molecule has 132 valence electrons. The number of aromatic nitrogens is 2. The zero-order valence-corrected chi connectivity index (χ0v) is 15.7. The first-order valence-corrected chi connectivity index (χ1v) is 8.62. The number of hydrogen-bond donors (Lipinski definition) is 2. The highest BCUT2D eigenvalue weighted by Gasteiger charge is 2.12. The van der Waals surface area contributed by atoms with Crippen molar-refractivity contribution in [2.75, 3.05) is 10.6 Å². The second-order valence-electron chi connectivity index (χ2n) is 5.76. The molecule has 26 heavy (non-hydrogen) atoms. The van der Waals surface area contributed by atoms with E-state index in [0.29, 0.717) is 27.4 Å². The van der Waals surface area contributed by atoms with Crippen molar-refractivity contribution >= 4 is 46.4 Å². The molecule has 3 rings (SSSR count). The third kappa shape index (κ3) is 4.50. The molecule has 7 heteroatoms. The van der Waals surface area contributed by atoms with E-state index in [0.717, 1.165) is 11.3 Å². The van der Waals surface area contributed by atoms with Crippen LogP contribution in [0.15, 0.2) is 48.5 Å². The highest BCUT2D eigenvalue weighted by Crippen LogP contribution is 2.21. The van der Waals surface area contributed by atoms with Gasteiger partial charge in [0, 0.05) is 27.1 Å². The first-order valence-electron chi connectivity index (χ1n) is 7.86. The van der Waals surface area contributed by atoms with E-state index in [9.17, 15) is 4.79 Å². The molecule has 0 radical (unpaired) electrons. The highest BCUT2D eigenvalue weighted by atomic mass is 35.5. The number of carbonyl (C=O) groups excluding carboxylic acids is 1. The maximum absolute atomic E-state index is 12.6. The Hall–Kier alpha value is -2.63. The quantitative estimate of drug-likeness (QED) is 0.629. The molecule has 3 aromatic rings. The van der Waals surface area contributed by atoms with Crippen LogP contribution in [-0.2, 0) is 0 Å². The Morgan fingerprint density at radius 2 is 1.62 bits per heavy atom. The van der Waals surface area contributed by atoms with Crippen LogP contribution in [0.3, 0.4) is 0 Å². The number of aryl methyl sites for hydroxylation is 2. The van der Waals surface area contributed by atoms with Gasteiger partial charge >= 0.3 is 0 Å². The molecule has 0 aliphatic heterocycles. The summed E-state index contributed by atoms with van der Waals surface area (Å²) in [6, 6.07) is 14.0. The molecule has 1 amide bonds. The zero-order valence-electron chi connectivity index (χ0n) is 14.2. The molecule has 0 unspecified atom stereocenters. The van der Waals surface area contributed by atoms with Gasteiger partial charge in [0.1, 0.15) is 5.69 Å². The summed E-state index contributed by atoms with van der Waals surface area (Å²) in [7, 11) is 0. The van der Waals surface area contributed by atoms with Gasteiger partial charge in [0.25, 0.3) is 5.91 Å². The van der Waals surface area contributed by atoms with Crippen LogP contribution >= 0.6 is 23.2 Å². The number of rotatable bonds is 4. The summed E-state index contributed by atoms with van der Waals surface area (Å²) in [6.45, 7) is 3.68. The Kier molecular flexibility index (Phi) is 5.40. The van der Waals surface area contributed by atoms with Gasteiger partial charge in [-0.15, -0.1) is 0 Å². The fraction of sp³-hybridized carbons (Fsp3) is 0.105. The summed E-state index contributed by atoms with van der Waals surface area (Å²) in [5.74, 6) is 0.0189. The van der Waals surface area contributed by atoms with Crippen molar-refractivity contribution in [3.05, 3.63) is 75.5 Å². The average Bonchev–Trinajstić information content (AvgIpc) is 2.59. The molecule has 0 atom stereocenters. The Labute approximate surface area is 161 Å². The average molecular weight is 387 g/mol. The van der Waals surface area contributed by atoms with Crippen LogP contribution in [0.1, 0.15) is 21.7 Å². The first-order chi connectivity index (χ1) is 12.4. The van der Waals surface area contributed by atoms with Gasteiger partial charge < -0.3 is 10.6 Å². The Balaban J connectivity index is 1.82. The summed E-state index contributed by atoms with van der Waals surface area (Å²) < 4.78 is 0. The van der Waals surface area contributed by atoms with Crippen molar-refractivity contribution in [2.24, 2.45) is 0 Å². The molecular formula is C19H16Cl2N4O. The molecule has 1 aromatic heterocycles. The number of halogens is 2. The van der Waals surface area contributed by atoms with Gasteiger partial charge in [-0.25, -0.2) is 9.97 Å². The van der Waals surface area contributed by atoms with Gasteiger partial charge in [-0.1, -0.05) is 23.2 Å². The van der Waals surface area contributed by atoms with E-state index in [4.69, 9.17) is 23.2 Å². The topological polar surface area (TPSA) is 66.9 Å². The normalized spacial score (nSPS) is 10.5. The van der Waals surface area contributed by atoms with Crippen LogP contribution in [0.5, 0.6) is 0 Å². The Morgan fingerprint density at radius 3 is 2.31 bits per heavy atom. The summed E-state index contributed by atoms with van der Waals surface area (Å²) in [5.41, 5.74) is 3.27. The summed E-state index contributed by atoms with van der Waals surface area (Å²) >= 11 is 11.8. The Bertz CT molecular complexity index is 958. The molecular weight excluding hydrogens is 371 g/mol. The number of nitrogens with zero attached hydrogens (tertiary/aromatic N) is 2. The van der Waals surface area contributed by atoms with Crippen LogP contribution in [-0.4, -0.2) is 15.9 Å². The van der Waals surface area contributed by atoms with E-state index in [1.54, 1.807) is 43.3 Å². The molecule has 5 nitrogen and oxygen atoms in total. The predicted octanol–water partition coefficient (Wildman–Crippen LogP) is 5.40. The molecule has 0 bridgehead atoms. The van der Waals surface area contributed by atoms with Crippen LogP contribution < -0.4 is 10.6 Å². The second kappa shape index (κ2) is 7.72. The van der Waals surface area contributed by atoms with E-state index >= 15 is 0 Å². The minimum Gasteiger partial charge on any atom is -0.324 e. The lowest BCUT2D eigenvalue weighted by molar-refractivity contribution is 0.102. The van der Waals surface area contributed by atoms with Crippen LogP contribution in [0, 0.1) is 13.8 Å². The molecule has 2 N–H and O–H groups in total. The van der Waals surface area contributed by atoms with Crippen molar-refractivity contribution in [1.29, 1.82) is 0 Å². The van der Waals surface area contributed by atoms with E-state index in [-0.39, 0.29) is 11.6 Å². The maximum atomic E-state index is 12.6. The van der Waals surface area contributed by atoms with Gasteiger partial charge in [0.05, 0.1) is 0 Å². The minimum atomic E-state index is -0.319. The number of benzene rings is 2. The van der Waals surface area contributed by atoms with E-state index in [2.05, 4.69) is 20.6 Å². The molecule has 0 fully saturated rings. The standard InChI is InChI=1S/C19H16Cl2N4O/c1-11-9-14(21)5-8-16(11)24-18(26)17-10-12(2)22-19(25-17)23-15-6-3-13(20)4-7-15/h3-10H,1-2H3,(H,24,26)(H,22,23,25). The van der Waals surface area contributed by atoms with Gasteiger partial charge in [-0.05, 0) is 67.9 Å². The fourth-order valence-corrected chi connectivity index (χ4v) is 2.71. The molecule has 0 aliphatic carbocycles. The number of carbonyl (C=O) groups is 1. The van der Waals surface area contributed by atoms with E-state index in [1.165, 1.54) is 0 Å². The molecule has 0 saturated heterocycles. The SMILES string of the molecule is Cc1cc(C(=O)Nc2ccc(Cl)cc2C)nc(Nc2ccc(Cl)cc2)n1. The van der Waals surface area contributed by atoms with E-state index < -0.39 is 0 Å². The zero-order chi connectivity index (χ0) is 18.7. The monoisotopic (exact) mass is 386 g/mol. The number of anilines is 3. The molecule has 2 aromatic carbocycles. The molecule has 1 heterocycles. The Morgan fingerprint density at radius 1 is 0.923 bits per heavy atom. The van der Waals surface area contributed by atoms with Crippen molar-refractivity contribution in [1.82, 2.24) is 9.97 Å². The number of nitrogens with one attached hydrogen (secondary N) is 2. The lowest BCUT2D eigenvalue weighted by atomic mass is 10.2. The third-order valence-electron chi connectivity index (χ3n) is 3.62. The van der Waals surface area contributed by atoms with Crippen molar-refractivity contribution in [3.63, 3.8) is 0 Å². The predicted molar refractivity (Wildman–Crippen MR) is 106 cm³/mol. The van der Waals surface area contributed by atoms with Crippen LogP contribution in [0.4, 0.5) is 17.3 Å². The van der Waals surface area contributed by atoms with Gasteiger partial charge in [0.15, 0.2) is 0 Å². The number of hydrogen-bond acceptors (Lipinski definition) is 4. The lowest BCUT2D eigenvalue weighted by Gasteiger charge is -2.10.